The molecule has 1 N–H and O–H groups in total. The molecular formula is C16H23N3OS. The van der Waals surface area contributed by atoms with E-state index in [9.17, 15) is 5.26 Å². The zero-order chi connectivity index (χ0) is 15.1. The van der Waals surface area contributed by atoms with E-state index in [-0.39, 0.29) is 0 Å². The third-order valence-corrected chi connectivity index (χ3v) is 4.63. The van der Waals surface area contributed by atoms with Crippen LogP contribution < -0.4 is 10.2 Å². The zero-order valence-corrected chi connectivity index (χ0v) is 13.6. The molecule has 0 saturated carbocycles. The number of rotatable bonds is 7. The number of hydrogen-bond acceptors (Lipinski definition) is 5. The fourth-order valence-corrected chi connectivity index (χ4v) is 3.32. The van der Waals surface area contributed by atoms with Gasteiger partial charge in [-0.3, -0.25) is 0 Å². The number of ether oxygens (including phenoxy) is 1. The Bertz CT molecular complexity index is 495. The van der Waals surface area contributed by atoms with Crippen molar-refractivity contribution < 1.29 is 4.74 Å². The number of methoxy groups -OCH3 is 1. The molecular weight excluding hydrogens is 282 g/mol. The summed E-state index contributed by atoms with van der Waals surface area (Å²) in [5.41, 5.74) is 1.80. The first-order valence-electron chi connectivity index (χ1n) is 7.34. The molecule has 0 spiro atoms. The van der Waals surface area contributed by atoms with Crippen LogP contribution in [0.2, 0.25) is 0 Å². The largest absolute Gasteiger partial charge is 0.383 e. The first-order valence-corrected chi connectivity index (χ1v) is 8.57. The number of nitrogens with zero attached hydrogens (tertiary/aromatic N) is 2. The second kappa shape index (κ2) is 8.28. The minimum atomic E-state index is 0.506. The van der Waals surface area contributed by atoms with Gasteiger partial charge in [-0.05, 0) is 37.8 Å². The van der Waals surface area contributed by atoms with Crippen molar-refractivity contribution >= 4 is 17.4 Å². The molecule has 2 rings (SSSR count). The minimum absolute atomic E-state index is 0.506. The Labute approximate surface area is 131 Å². The Balaban J connectivity index is 2.24. The molecule has 1 heterocycles. The van der Waals surface area contributed by atoms with Crippen LogP contribution in [0.25, 0.3) is 0 Å². The Morgan fingerprint density at radius 2 is 2.38 bits per heavy atom. The van der Waals surface area contributed by atoms with Crippen LogP contribution in [0.1, 0.15) is 18.4 Å². The van der Waals surface area contributed by atoms with E-state index < -0.39 is 0 Å². The van der Waals surface area contributed by atoms with E-state index in [1.54, 1.807) is 18.9 Å². The molecule has 0 amide bonds. The topological polar surface area (TPSA) is 48.3 Å². The van der Waals surface area contributed by atoms with Crippen LogP contribution in [0, 0.1) is 11.3 Å². The first-order chi connectivity index (χ1) is 10.3. The second-order valence-electron chi connectivity index (χ2n) is 5.20. The van der Waals surface area contributed by atoms with E-state index in [1.165, 1.54) is 12.8 Å². The van der Waals surface area contributed by atoms with Crippen LogP contribution in [0.4, 0.5) is 5.69 Å². The van der Waals surface area contributed by atoms with Crippen LogP contribution in [-0.2, 0) is 4.74 Å². The van der Waals surface area contributed by atoms with E-state index >= 15 is 0 Å². The maximum atomic E-state index is 9.53. The van der Waals surface area contributed by atoms with Crippen molar-refractivity contribution in [3.05, 3.63) is 23.8 Å². The average molecular weight is 305 g/mol. The lowest BCUT2D eigenvalue weighted by atomic mass is 10.1. The van der Waals surface area contributed by atoms with Gasteiger partial charge in [0.1, 0.15) is 6.07 Å². The highest BCUT2D eigenvalue weighted by Gasteiger charge is 2.20. The van der Waals surface area contributed by atoms with Gasteiger partial charge in [-0.25, -0.2) is 0 Å². The van der Waals surface area contributed by atoms with Crippen molar-refractivity contribution in [2.24, 2.45) is 0 Å². The van der Waals surface area contributed by atoms with Crippen molar-refractivity contribution in [2.45, 2.75) is 23.8 Å². The summed E-state index contributed by atoms with van der Waals surface area (Å²) < 4.78 is 5.24. The predicted molar refractivity (Wildman–Crippen MR) is 88.1 cm³/mol. The summed E-state index contributed by atoms with van der Waals surface area (Å²) in [7, 11) is 1.72. The van der Waals surface area contributed by atoms with Crippen molar-refractivity contribution in [3.63, 3.8) is 0 Å². The maximum Gasteiger partial charge on any atom is 0.103 e. The normalized spacial score (nSPS) is 17.7. The lowest BCUT2D eigenvalue weighted by Crippen LogP contribution is -2.39. The zero-order valence-electron chi connectivity index (χ0n) is 12.8. The molecule has 0 aliphatic carbocycles. The van der Waals surface area contributed by atoms with Crippen LogP contribution in [0.15, 0.2) is 23.1 Å². The van der Waals surface area contributed by atoms with Crippen LogP contribution >= 0.6 is 11.8 Å². The van der Waals surface area contributed by atoms with Crippen molar-refractivity contribution in [2.75, 3.05) is 44.5 Å². The van der Waals surface area contributed by atoms with Gasteiger partial charge in [0.15, 0.2) is 0 Å². The molecule has 1 atom stereocenters. The molecule has 0 aromatic heterocycles. The van der Waals surface area contributed by atoms with Crippen LogP contribution in [0.5, 0.6) is 0 Å². The Hall–Kier alpha value is -1.22. The molecule has 0 radical (unpaired) electrons. The van der Waals surface area contributed by atoms with E-state index in [4.69, 9.17) is 4.74 Å². The maximum absolute atomic E-state index is 9.53. The van der Waals surface area contributed by atoms with Gasteiger partial charge in [-0.2, -0.15) is 5.26 Å². The number of thioether (sulfide) groups is 1. The molecule has 114 valence electrons. The van der Waals surface area contributed by atoms with Gasteiger partial charge < -0.3 is 15.0 Å². The molecule has 4 nitrogen and oxygen atoms in total. The molecule has 1 aliphatic heterocycles. The molecule has 0 bridgehead atoms. The van der Waals surface area contributed by atoms with Gasteiger partial charge in [0, 0.05) is 31.1 Å². The highest BCUT2D eigenvalue weighted by Crippen LogP contribution is 2.29. The van der Waals surface area contributed by atoms with E-state index in [2.05, 4.69) is 16.3 Å². The van der Waals surface area contributed by atoms with Crippen molar-refractivity contribution in [1.82, 2.24) is 5.32 Å². The third-order valence-electron chi connectivity index (χ3n) is 3.85. The Kier molecular flexibility index (Phi) is 6.37. The van der Waals surface area contributed by atoms with Crippen molar-refractivity contribution in [3.8, 4) is 6.07 Å². The summed E-state index contributed by atoms with van der Waals surface area (Å²) in [6.45, 7) is 3.50. The fraction of sp³-hybridized carbons (Fsp3) is 0.562. The number of nitriles is 1. The summed E-state index contributed by atoms with van der Waals surface area (Å²) >= 11 is 1.62. The smallest absolute Gasteiger partial charge is 0.103 e. The highest BCUT2D eigenvalue weighted by atomic mass is 32.2. The predicted octanol–water partition coefficient (Wildman–Crippen LogP) is 2.48. The molecule has 1 unspecified atom stereocenters. The third kappa shape index (κ3) is 4.13. The summed E-state index contributed by atoms with van der Waals surface area (Å²) in [6, 6.07) is 8.96. The van der Waals surface area contributed by atoms with Crippen LogP contribution in [0.3, 0.4) is 0 Å². The van der Waals surface area contributed by atoms with E-state index in [0.717, 1.165) is 35.8 Å². The summed E-state index contributed by atoms with van der Waals surface area (Å²) in [6.07, 6.45) is 4.45. The number of hydrogen-bond donors (Lipinski definition) is 1. The molecule has 5 heteroatoms. The van der Waals surface area contributed by atoms with Gasteiger partial charge >= 0.3 is 0 Å². The summed E-state index contributed by atoms with van der Waals surface area (Å²) in [5, 5.41) is 13.1. The van der Waals surface area contributed by atoms with Crippen LogP contribution in [-0.4, -0.2) is 45.6 Å². The van der Waals surface area contributed by atoms with E-state index in [0.29, 0.717) is 12.6 Å². The summed E-state index contributed by atoms with van der Waals surface area (Å²) in [5.74, 6) is 0. The fourth-order valence-electron chi connectivity index (χ4n) is 2.76. The molecule has 1 saturated heterocycles. The molecule has 1 fully saturated rings. The number of benzene rings is 1. The van der Waals surface area contributed by atoms with Gasteiger partial charge in [0.05, 0.1) is 17.9 Å². The van der Waals surface area contributed by atoms with Gasteiger partial charge in [0.25, 0.3) is 0 Å². The second-order valence-corrected chi connectivity index (χ2v) is 6.05. The van der Waals surface area contributed by atoms with Gasteiger partial charge in [-0.1, -0.05) is 6.07 Å². The van der Waals surface area contributed by atoms with Crippen molar-refractivity contribution in [1.29, 1.82) is 5.26 Å². The minimum Gasteiger partial charge on any atom is -0.383 e. The number of nitrogens with one attached hydrogen (secondary N) is 1. The standard InChI is InChI=1S/C16H23N3OS/c1-20-10-9-19(12-13-5-4-8-18-13)15-6-3-7-16(21-2)14(15)11-17/h3,6-7,13,18H,4-5,8-10,12H2,1-2H3. The SMILES string of the molecule is COCCN(CC1CCCN1)c1cccc(SC)c1C#N. The Morgan fingerprint density at radius 3 is 3.00 bits per heavy atom. The first kappa shape index (κ1) is 16.2. The molecule has 1 aromatic carbocycles. The molecule has 21 heavy (non-hydrogen) atoms. The van der Waals surface area contributed by atoms with Gasteiger partial charge in [0.2, 0.25) is 0 Å². The molecule has 1 aliphatic rings. The molecule has 1 aromatic rings. The Morgan fingerprint density at radius 1 is 1.52 bits per heavy atom. The van der Waals surface area contributed by atoms with Gasteiger partial charge in [-0.15, -0.1) is 11.8 Å². The summed E-state index contributed by atoms with van der Waals surface area (Å²) in [4.78, 5) is 3.32. The monoisotopic (exact) mass is 305 g/mol. The average Bonchev–Trinajstić information content (AvgIpc) is 3.03. The lowest BCUT2D eigenvalue weighted by molar-refractivity contribution is 0.204. The highest BCUT2D eigenvalue weighted by molar-refractivity contribution is 7.98. The number of anilines is 1. The van der Waals surface area contributed by atoms with E-state index in [1.807, 2.05) is 24.5 Å². The lowest BCUT2D eigenvalue weighted by Gasteiger charge is -2.29. The quantitative estimate of drug-likeness (QED) is 0.784.